The molecule has 1 saturated carbocycles. The van der Waals surface area contributed by atoms with Crippen molar-refractivity contribution in [1.82, 2.24) is 10.2 Å². The van der Waals surface area contributed by atoms with Crippen LogP contribution >= 0.6 is 0 Å². The van der Waals surface area contributed by atoms with E-state index < -0.39 is 0 Å². The van der Waals surface area contributed by atoms with Gasteiger partial charge in [0.15, 0.2) is 0 Å². The molecule has 118 valence electrons. The molecule has 0 aromatic rings. The van der Waals surface area contributed by atoms with E-state index in [4.69, 9.17) is 0 Å². The number of rotatable bonds is 3. The molecule has 2 rings (SSSR count). The first-order valence-corrected chi connectivity index (χ1v) is 8.97. The zero-order valence-corrected chi connectivity index (χ0v) is 14.3. The molecule has 2 unspecified atom stereocenters. The average molecular weight is 280 g/mol. The van der Waals surface area contributed by atoms with Crippen LogP contribution in [0.1, 0.15) is 72.6 Å². The van der Waals surface area contributed by atoms with Gasteiger partial charge in [-0.25, -0.2) is 0 Å². The fourth-order valence-electron chi connectivity index (χ4n) is 4.08. The minimum absolute atomic E-state index is 0.501. The number of likely N-dealkylation sites (tertiary alicyclic amines) is 1. The number of hydrogen-bond donors (Lipinski definition) is 1. The van der Waals surface area contributed by atoms with E-state index in [1.807, 2.05) is 0 Å². The predicted octanol–water partition coefficient (Wildman–Crippen LogP) is 4.06. The maximum atomic E-state index is 3.99. The maximum Gasteiger partial charge on any atom is 0.00940 e. The van der Waals surface area contributed by atoms with Crippen molar-refractivity contribution in [3.8, 4) is 0 Å². The monoisotopic (exact) mass is 280 g/mol. The topological polar surface area (TPSA) is 15.3 Å². The van der Waals surface area contributed by atoms with Crippen molar-refractivity contribution < 1.29 is 0 Å². The van der Waals surface area contributed by atoms with Gasteiger partial charge in [0.2, 0.25) is 0 Å². The van der Waals surface area contributed by atoms with Gasteiger partial charge >= 0.3 is 0 Å². The number of hydrogen-bond acceptors (Lipinski definition) is 2. The second kappa shape index (κ2) is 7.26. The highest BCUT2D eigenvalue weighted by atomic mass is 15.1. The number of piperidine rings is 1. The molecule has 2 heteroatoms. The standard InChI is InChI=1S/C18H36N2/c1-5-20-13-11-17(12-14-20)19-16-8-6-7-15(9-10-16)18(2,3)4/h15-17,19H,5-14H2,1-4H3. The molecule has 1 heterocycles. The summed E-state index contributed by atoms with van der Waals surface area (Å²) in [5.41, 5.74) is 0.501. The van der Waals surface area contributed by atoms with Crippen LogP contribution in [0.2, 0.25) is 0 Å². The molecule has 1 aliphatic carbocycles. The Morgan fingerprint density at radius 3 is 2.15 bits per heavy atom. The molecule has 0 aromatic carbocycles. The number of nitrogens with zero attached hydrogens (tertiary/aromatic N) is 1. The Kier molecular flexibility index (Phi) is 5.92. The lowest BCUT2D eigenvalue weighted by molar-refractivity contribution is 0.192. The minimum atomic E-state index is 0.501. The fourth-order valence-corrected chi connectivity index (χ4v) is 4.08. The molecule has 2 atom stereocenters. The molecular weight excluding hydrogens is 244 g/mol. The van der Waals surface area contributed by atoms with Crippen LogP contribution < -0.4 is 5.32 Å². The predicted molar refractivity (Wildman–Crippen MR) is 88.1 cm³/mol. The quantitative estimate of drug-likeness (QED) is 0.784. The number of nitrogens with one attached hydrogen (secondary N) is 1. The Balaban J connectivity index is 1.74. The molecule has 1 aliphatic heterocycles. The van der Waals surface area contributed by atoms with Crippen molar-refractivity contribution in [1.29, 1.82) is 0 Å². The van der Waals surface area contributed by atoms with Crippen molar-refractivity contribution in [2.75, 3.05) is 19.6 Å². The summed E-state index contributed by atoms with van der Waals surface area (Å²) in [6.45, 7) is 13.4. The molecule has 20 heavy (non-hydrogen) atoms. The van der Waals surface area contributed by atoms with Crippen LogP contribution in [0, 0.1) is 11.3 Å². The third kappa shape index (κ3) is 4.73. The van der Waals surface area contributed by atoms with E-state index in [-0.39, 0.29) is 0 Å². The normalized spacial score (nSPS) is 31.2. The van der Waals surface area contributed by atoms with Gasteiger partial charge in [-0.3, -0.25) is 0 Å². The molecule has 0 spiro atoms. The zero-order chi connectivity index (χ0) is 14.6. The van der Waals surface area contributed by atoms with Gasteiger partial charge in [-0.15, -0.1) is 0 Å². The van der Waals surface area contributed by atoms with Crippen LogP contribution in [0.4, 0.5) is 0 Å². The van der Waals surface area contributed by atoms with Crippen LogP contribution in [-0.2, 0) is 0 Å². The fraction of sp³-hybridized carbons (Fsp3) is 1.00. The third-order valence-electron chi connectivity index (χ3n) is 5.70. The largest absolute Gasteiger partial charge is 0.311 e. The summed E-state index contributed by atoms with van der Waals surface area (Å²) < 4.78 is 0. The summed E-state index contributed by atoms with van der Waals surface area (Å²) in [7, 11) is 0. The lowest BCUT2D eigenvalue weighted by atomic mass is 9.76. The molecule has 1 saturated heterocycles. The van der Waals surface area contributed by atoms with Gasteiger partial charge in [-0.05, 0) is 69.5 Å². The Morgan fingerprint density at radius 2 is 1.55 bits per heavy atom. The van der Waals surface area contributed by atoms with Crippen LogP contribution in [0.5, 0.6) is 0 Å². The summed E-state index contributed by atoms with van der Waals surface area (Å²) in [6.07, 6.45) is 9.80. The first-order valence-electron chi connectivity index (χ1n) is 8.97. The van der Waals surface area contributed by atoms with E-state index >= 15 is 0 Å². The zero-order valence-electron chi connectivity index (χ0n) is 14.3. The van der Waals surface area contributed by atoms with Gasteiger partial charge in [-0.2, -0.15) is 0 Å². The first kappa shape index (κ1) is 16.3. The van der Waals surface area contributed by atoms with Crippen molar-refractivity contribution in [2.45, 2.75) is 84.7 Å². The molecule has 2 aliphatic rings. The van der Waals surface area contributed by atoms with E-state index in [0.29, 0.717) is 5.41 Å². The smallest absolute Gasteiger partial charge is 0.00940 e. The van der Waals surface area contributed by atoms with E-state index in [2.05, 4.69) is 37.9 Å². The summed E-state index contributed by atoms with van der Waals surface area (Å²) >= 11 is 0. The summed E-state index contributed by atoms with van der Waals surface area (Å²) in [6, 6.07) is 1.58. The molecule has 1 N–H and O–H groups in total. The molecule has 0 bridgehead atoms. The van der Waals surface area contributed by atoms with Crippen molar-refractivity contribution in [2.24, 2.45) is 11.3 Å². The van der Waals surface area contributed by atoms with Gasteiger partial charge < -0.3 is 10.2 Å². The van der Waals surface area contributed by atoms with Gasteiger partial charge in [0.25, 0.3) is 0 Å². The SMILES string of the molecule is CCN1CCC(NC2CCCC(C(C)(C)C)CC2)CC1. The second-order valence-corrected chi connectivity index (χ2v) is 8.14. The van der Waals surface area contributed by atoms with E-state index in [0.717, 1.165) is 18.0 Å². The second-order valence-electron chi connectivity index (χ2n) is 8.14. The van der Waals surface area contributed by atoms with Gasteiger partial charge in [0.1, 0.15) is 0 Å². The molecule has 0 radical (unpaired) electrons. The molecule has 0 amide bonds. The summed E-state index contributed by atoms with van der Waals surface area (Å²) in [4.78, 5) is 2.58. The highest BCUT2D eigenvalue weighted by Gasteiger charge is 2.29. The molecule has 2 nitrogen and oxygen atoms in total. The summed E-state index contributed by atoms with van der Waals surface area (Å²) in [5, 5.41) is 3.99. The van der Waals surface area contributed by atoms with Crippen LogP contribution in [0.25, 0.3) is 0 Å². The molecule has 2 fully saturated rings. The Bertz CT molecular complexity index is 274. The highest BCUT2D eigenvalue weighted by Crippen LogP contribution is 2.36. The van der Waals surface area contributed by atoms with Crippen LogP contribution in [-0.4, -0.2) is 36.6 Å². The van der Waals surface area contributed by atoms with Crippen molar-refractivity contribution in [3.63, 3.8) is 0 Å². The molecular formula is C18H36N2. The van der Waals surface area contributed by atoms with Crippen molar-refractivity contribution >= 4 is 0 Å². The summed E-state index contributed by atoms with van der Waals surface area (Å²) in [5.74, 6) is 0.927. The lowest BCUT2D eigenvalue weighted by Crippen LogP contribution is -2.46. The Labute approximate surface area is 126 Å². The third-order valence-corrected chi connectivity index (χ3v) is 5.70. The van der Waals surface area contributed by atoms with Gasteiger partial charge in [0, 0.05) is 12.1 Å². The van der Waals surface area contributed by atoms with Gasteiger partial charge in [-0.1, -0.05) is 34.1 Å². The lowest BCUT2D eigenvalue weighted by Gasteiger charge is -2.34. The Morgan fingerprint density at radius 1 is 0.900 bits per heavy atom. The molecule has 0 aromatic heterocycles. The van der Waals surface area contributed by atoms with Gasteiger partial charge in [0.05, 0.1) is 0 Å². The highest BCUT2D eigenvalue weighted by molar-refractivity contribution is 4.85. The van der Waals surface area contributed by atoms with Crippen LogP contribution in [0.3, 0.4) is 0 Å². The minimum Gasteiger partial charge on any atom is -0.311 e. The first-order chi connectivity index (χ1) is 9.49. The Hall–Kier alpha value is -0.0800. The van der Waals surface area contributed by atoms with E-state index in [1.54, 1.807) is 0 Å². The van der Waals surface area contributed by atoms with E-state index in [9.17, 15) is 0 Å². The average Bonchev–Trinajstić information content (AvgIpc) is 2.65. The van der Waals surface area contributed by atoms with E-state index in [1.165, 1.54) is 64.6 Å². The maximum absolute atomic E-state index is 3.99. The van der Waals surface area contributed by atoms with Crippen LogP contribution in [0.15, 0.2) is 0 Å². The van der Waals surface area contributed by atoms with Crippen molar-refractivity contribution in [3.05, 3.63) is 0 Å².